The molecule has 0 saturated heterocycles. The molecule has 0 saturated carbocycles. The van der Waals surface area contributed by atoms with E-state index in [1.807, 2.05) is 0 Å². The average Bonchev–Trinajstić information content (AvgIpc) is 3.23. The van der Waals surface area contributed by atoms with Crippen LogP contribution in [0.4, 0.5) is 4.39 Å². The molecule has 2 heterocycles. The number of benzene rings is 2. The molecule has 0 bridgehead atoms. The van der Waals surface area contributed by atoms with E-state index < -0.39 is 11.7 Å². The SMILES string of the molecule is O=C(NCCc1c2c(cc3c1OCC3)OCC2)c1ccccc1F. The minimum absolute atomic E-state index is 0.0700. The summed E-state index contributed by atoms with van der Waals surface area (Å²) in [4.78, 5) is 12.1. The van der Waals surface area contributed by atoms with E-state index in [-0.39, 0.29) is 5.56 Å². The topological polar surface area (TPSA) is 47.6 Å². The highest BCUT2D eigenvalue weighted by atomic mass is 19.1. The van der Waals surface area contributed by atoms with E-state index in [2.05, 4.69) is 11.4 Å². The average molecular weight is 327 g/mol. The van der Waals surface area contributed by atoms with Gasteiger partial charge in [0.05, 0.1) is 18.8 Å². The highest BCUT2D eigenvalue weighted by molar-refractivity contribution is 5.94. The molecule has 0 aliphatic carbocycles. The number of amides is 1. The fourth-order valence-corrected chi connectivity index (χ4v) is 3.39. The summed E-state index contributed by atoms with van der Waals surface area (Å²) in [5.41, 5.74) is 3.54. The van der Waals surface area contributed by atoms with Gasteiger partial charge in [0.25, 0.3) is 5.91 Å². The first-order chi connectivity index (χ1) is 11.7. The molecule has 0 unspecified atom stereocenters. The van der Waals surface area contributed by atoms with Crippen LogP contribution in [0.25, 0.3) is 0 Å². The van der Waals surface area contributed by atoms with Gasteiger partial charge in [-0.1, -0.05) is 12.1 Å². The maximum absolute atomic E-state index is 13.7. The predicted molar refractivity (Wildman–Crippen MR) is 87.3 cm³/mol. The summed E-state index contributed by atoms with van der Waals surface area (Å²) in [6.07, 6.45) is 2.40. The number of carbonyl (C=O) groups is 1. The molecule has 4 rings (SSSR count). The lowest BCUT2D eigenvalue weighted by Gasteiger charge is -2.13. The van der Waals surface area contributed by atoms with E-state index >= 15 is 0 Å². The van der Waals surface area contributed by atoms with Crippen LogP contribution in [-0.2, 0) is 19.3 Å². The molecule has 24 heavy (non-hydrogen) atoms. The molecule has 2 aromatic rings. The van der Waals surface area contributed by atoms with Gasteiger partial charge in [0, 0.05) is 36.1 Å². The zero-order chi connectivity index (χ0) is 16.5. The third-order valence-corrected chi connectivity index (χ3v) is 4.54. The highest BCUT2D eigenvalue weighted by Crippen LogP contribution is 2.40. The Labute approximate surface area is 139 Å². The zero-order valence-electron chi connectivity index (χ0n) is 13.2. The Morgan fingerprint density at radius 2 is 2.00 bits per heavy atom. The van der Waals surface area contributed by atoms with Crippen molar-refractivity contribution in [3.05, 3.63) is 58.4 Å². The highest BCUT2D eigenvalue weighted by Gasteiger charge is 2.26. The second kappa shape index (κ2) is 6.15. The Hall–Kier alpha value is -2.56. The van der Waals surface area contributed by atoms with E-state index in [0.29, 0.717) is 26.2 Å². The van der Waals surface area contributed by atoms with E-state index in [9.17, 15) is 9.18 Å². The summed E-state index contributed by atoms with van der Waals surface area (Å²) in [5, 5.41) is 2.80. The molecule has 2 aromatic carbocycles. The van der Waals surface area contributed by atoms with Gasteiger partial charge in [-0.2, -0.15) is 0 Å². The Kier molecular flexibility index (Phi) is 3.84. The summed E-state index contributed by atoms with van der Waals surface area (Å²) >= 11 is 0. The Balaban J connectivity index is 1.49. The largest absolute Gasteiger partial charge is 0.493 e. The van der Waals surface area contributed by atoms with Crippen molar-refractivity contribution in [2.45, 2.75) is 19.3 Å². The first-order valence-electron chi connectivity index (χ1n) is 8.20. The minimum atomic E-state index is -0.506. The molecule has 0 atom stereocenters. The van der Waals surface area contributed by atoms with Gasteiger partial charge < -0.3 is 14.8 Å². The fourth-order valence-electron chi connectivity index (χ4n) is 3.39. The Morgan fingerprint density at radius 1 is 1.17 bits per heavy atom. The van der Waals surface area contributed by atoms with Crippen LogP contribution in [-0.4, -0.2) is 25.7 Å². The molecule has 0 aromatic heterocycles. The molecule has 5 heteroatoms. The molecule has 4 nitrogen and oxygen atoms in total. The number of nitrogens with one attached hydrogen (secondary N) is 1. The summed E-state index contributed by atoms with van der Waals surface area (Å²) in [6, 6.07) is 8.07. The molecule has 2 aliphatic heterocycles. The van der Waals surface area contributed by atoms with Gasteiger partial charge in [-0.15, -0.1) is 0 Å². The van der Waals surface area contributed by atoms with Crippen molar-refractivity contribution in [2.24, 2.45) is 0 Å². The zero-order valence-corrected chi connectivity index (χ0v) is 13.2. The van der Waals surface area contributed by atoms with E-state index in [1.165, 1.54) is 23.3 Å². The van der Waals surface area contributed by atoms with Gasteiger partial charge in [-0.25, -0.2) is 4.39 Å². The second-order valence-corrected chi connectivity index (χ2v) is 6.00. The molecular weight excluding hydrogens is 309 g/mol. The van der Waals surface area contributed by atoms with Gasteiger partial charge in [0.1, 0.15) is 17.3 Å². The molecular formula is C19H18FNO3. The van der Waals surface area contributed by atoms with Crippen molar-refractivity contribution in [1.82, 2.24) is 5.32 Å². The number of halogens is 1. The van der Waals surface area contributed by atoms with Crippen molar-refractivity contribution in [3.63, 3.8) is 0 Å². The standard InChI is InChI=1S/C19H18FNO3/c20-16-4-2-1-3-15(16)19(22)21-8-5-14-13-7-10-23-17(13)11-12-6-9-24-18(12)14/h1-4,11H,5-10H2,(H,21,22). The van der Waals surface area contributed by atoms with Crippen molar-refractivity contribution < 1.29 is 18.7 Å². The van der Waals surface area contributed by atoms with Crippen LogP contribution < -0.4 is 14.8 Å². The monoisotopic (exact) mass is 327 g/mol. The number of rotatable bonds is 4. The van der Waals surface area contributed by atoms with Crippen molar-refractivity contribution in [3.8, 4) is 11.5 Å². The summed E-state index contributed by atoms with van der Waals surface area (Å²) < 4.78 is 25.1. The van der Waals surface area contributed by atoms with Crippen molar-refractivity contribution in [2.75, 3.05) is 19.8 Å². The maximum Gasteiger partial charge on any atom is 0.254 e. The first kappa shape index (κ1) is 15.0. The number of hydrogen-bond donors (Lipinski definition) is 1. The first-order valence-corrected chi connectivity index (χ1v) is 8.20. The molecule has 124 valence electrons. The fraction of sp³-hybridized carbons (Fsp3) is 0.316. The molecule has 0 fully saturated rings. The number of hydrogen-bond acceptors (Lipinski definition) is 3. The third kappa shape index (κ3) is 2.60. The van der Waals surface area contributed by atoms with Crippen LogP contribution >= 0.6 is 0 Å². The van der Waals surface area contributed by atoms with Crippen molar-refractivity contribution in [1.29, 1.82) is 0 Å². The van der Waals surface area contributed by atoms with Crippen molar-refractivity contribution >= 4 is 5.91 Å². The summed E-state index contributed by atoms with van der Waals surface area (Å²) in [6.45, 7) is 1.80. The van der Waals surface area contributed by atoms with Crippen LogP contribution in [0.3, 0.4) is 0 Å². The van der Waals surface area contributed by atoms with Crippen LogP contribution in [0.5, 0.6) is 11.5 Å². The van der Waals surface area contributed by atoms with Gasteiger partial charge in [0.15, 0.2) is 0 Å². The molecule has 1 amide bonds. The van der Waals surface area contributed by atoms with E-state index in [0.717, 1.165) is 29.9 Å². The van der Waals surface area contributed by atoms with Crippen LogP contribution in [0, 0.1) is 5.82 Å². The Bertz CT molecular complexity index is 771. The lowest BCUT2D eigenvalue weighted by atomic mass is 9.97. The van der Waals surface area contributed by atoms with Gasteiger partial charge in [-0.05, 0) is 24.6 Å². The number of carbonyl (C=O) groups excluding carboxylic acids is 1. The lowest BCUT2D eigenvalue weighted by Crippen LogP contribution is -2.26. The summed E-state index contributed by atoms with van der Waals surface area (Å²) in [7, 11) is 0. The van der Waals surface area contributed by atoms with Gasteiger partial charge in [-0.3, -0.25) is 4.79 Å². The molecule has 0 spiro atoms. The third-order valence-electron chi connectivity index (χ3n) is 4.54. The quantitative estimate of drug-likeness (QED) is 0.939. The predicted octanol–water partition coefficient (Wildman–Crippen LogP) is 2.67. The second-order valence-electron chi connectivity index (χ2n) is 6.00. The summed E-state index contributed by atoms with van der Waals surface area (Å²) in [5.74, 6) is 0.983. The number of fused-ring (bicyclic) bond motifs is 2. The molecule has 0 radical (unpaired) electrons. The van der Waals surface area contributed by atoms with Crippen LogP contribution in [0.15, 0.2) is 30.3 Å². The maximum atomic E-state index is 13.7. The minimum Gasteiger partial charge on any atom is -0.493 e. The molecule has 2 aliphatic rings. The number of ether oxygens (including phenoxy) is 2. The van der Waals surface area contributed by atoms with E-state index in [1.54, 1.807) is 12.1 Å². The van der Waals surface area contributed by atoms with Crippen LogP contribution in [0.2, 0.25) is 0 Å². The Morgan fingerprint density at radius 3 is 2.88 bits per heavy atom. The normalized spacial score (nSPS) is 14.5. The van der Waals surface area contributed by atoms with E-state index in [4.69, 9.17) is 9.47 Å². The molecule has 1 N–H and O–H groups in total. The van der Waals surface area contributed by atoms with Gasteiger partial charge >= 0.3 is 0 Å². The van der Waals surface area contributed by atoms with Crippen LogP contribution in [0.1, 0.15) is 27.0 Å². The lowest BCUT2D eigenvalue weighted by molar-refractivity contribution is 0.0950. The smallest absolute Gasteiger partial charge is 0.254 e. The van der Waals surface area contributed by atoms with Gasteiger partial charge in [0.2, 0.25) is 0 Å².